The van der Waals surface area contributed by atoms with Crippen LogP contribution in [0.5, 0.6) is 11.5 Å². The number of aromatic nitrogens is 1. The first kappa shape index (κ1) is 22.3. The van der Waals surface area contributed by atoms with E-state index in [1.807, 2.05) is 66.0 Å². The fraction of sp³-hybridized carbons (Fsp3) is 0.160. The molecule has 4 aromatic rings. The molecule has 0 atom stereocenters. The Morgan fingerprint density at radius 1 is 0.879 bits per heavy atom. The number of ether oxygens (including phenoxy) is 2. The highest BCUT2D eigenvalue weighted by molar-refractivity contribution is 7.13. The summed E-state index contributed by atoms with van der Waals surface area (Å²) in [5.41, 5.74) is 7.35. The van der Waals surface area contributed by atoms with Crippen LogP contribution in [0.2, 0.25) is 0 Å². The van der Waals surface area contributed by atoms with E-state index in [4.69, 9.17) is 9.47 Å². The van der Waals surface area contributed by atoms with E-state index in [9.17, 15) is 9.59 Å². The van der Waals surface area contributed by atoms with Crippen molar-refractivity contribution < 1.29 is 19.1 Å². The molecular weight excluding hydrogens is 438 g/mol. The van der Waals surface area contributed by atoms with Gasteiger partial charge in [-0.15, -0.1) is 11.3 Å². The summed E-state index contributed by atoms with van der Waals surface area (Å²) in [6.07, 6.45) is 0.222. The second-order valence-electron chi connectivity index (χ2n) is 7.30. The number of rotatable bonds is 7. The van der Waals surface area contributed by atoms with Crippen molar-refractivity contribution in [3.8, 4) is 22.1 Å². The minimum atomic E-state index is -0.342. The number of nitrogens with one attached hydrogen (secondary N) is 2. The summed E-state index contributed by atoms with van der Waals surface area (Å²) in [4.78, 5) is 29.2. The van der Waals surface area contributed by atoms with Gasteiger partial charge in [0.15, 0.2) is 11.5 Å². The van der Waals surface area contributed by atoms with Gasteiger partial charge in [-0.25, -0.2) is 4.98 Å². The van der Waals surface area contributed by atoms with E-state index in [0.29, 0.717) is 17.2 Å². The van der Waals surface area contributed by atoms with Crippen LogP contribution in [0.15, 0.2) is 66.0 Å². The van der Waals surface area contributed by atoms with E-state index in [-0.39, 0.29) is 24.7 Å². The molecule has 0 aliphatic carbocycles. The van der Waals surface area contributed by atoms with E-state index < -0.39 is 0 Å². The third kappa shape index (κ3) is 5.30. The number of benzene rings is 3. The number of carbonyl (C=O) groups is 2. The molecule has 0 bridgehead atoms. The molecule has 8 heteroatoms. The SMILES string of the molecule is COc1ccc(-c2nc(CC(=O)NNC(=O)Cc3cccc4ccccc34)cs2)cc1OC. The summed E-state index contributed by atoms with van der Waals surface area (Å²) in [7, 11) is 3.16. The first-order valence-corrected chi connectivity index (χ1v) is 11.2. The van der Waals surface area contributed by atoms with Crippen LogP contribution in [0.25, 0.3) is 21.3 Å². The third-order valence-corrected chi connectivity index (χ3v) is 6.04. The van der Waals surface area contributed by atoms with E-state index in [2.05, 4.69) is 15.8 Å². The first-order chi connectivity index (χ1) is 16.1. The summed E-state index contributed by atoms with van der Waals surface area (Å²) in [5, 5.41) is 4.68. The maximum Gasteiger partial charge on any atom is 0.244 e. The second kappa shape index (κ2) is 10.1. The number of carbonyl (C=O) groups excluding carboxylic acids is 2. The Bertz CT molecular complexity index is 1300. The van der Waals surface area contributed by atoms with Crippen molar-refractivity contribution in [1.29, 1.82) is 0 Å². The molecule has 2 N–H and O–H groups in total. The number of nitrogens with zero attached hydrogens (tertiary/aromatic N) is 1. The summed E-state index contributed by atoms with van der Waals surface area (Å²) >= 11 is 1.43. The monoisotopic (exact) mass is 461 g/mol. The standard InChI is InChI=1S/C25H23N3O4S/c1-31-21-11-10-18(12-22(21)32-2)25-26-19(15-33-25)14-24(30)28-27-23(29)13-17-8-5-7-16-6-3-4-9-20(16)17/h3-12,15H,13-14H2,1-2H3,(H,27,29)(H,28,30). The number of hydrogen-bond donors (Lipinski definition) is 2. The van der Waals surface area contributed by atoms with E-state index in [1.165, 1.54) is 11.3 Å². The first-order valence-electron chi connectivity index (χ1n) is 10.3. The second-order valence-corrected chi connectivity index (χ2v) is 8.16. The highest BCUT2D eigenvalue weighted by Crippen LogP contribution is 2.33. The molecule has 0 saturated heterocycles. The molecule has 0 fully saturated rings. The highest BCUT2D eigenvalue weighted by atomic mass is 32.1. The van der Waals surface area contributed by atoms with Crippen molar-refractivity contribution in [1.82, 2.24) is 15.8 Å². The van der Waals surface area contributed by atoms with Crippen molar-refractivity contribution in [2.75, 3.05) is 14.2 Å². The van der Waals surface area contributed by atoms with Crippen LogP contribution < -0.4 is 20.3 Å². The zero-order valence-corrected chi connectivity index (χ0v) is 19.1. The van der Waals surface area contributed by atoms with Crippen LogP contribution in [-0.4, -0.2) is 31.0 Å². The molecule has 7 nitrogen and oxygen atoms in total. The lowest BCUT2D eigenvalue weighted by Crippen LogP contribution is -2.43. The maximum atomic E-state index is 12.4. The van der Waals surface area contributed by atoms with Crippen molar-refractivity contribution in [3.63, 3.8) is 0 Å². The number of thiazole rings is 1. The van der Waals surface area contributed by atoms with Gasteiger partial charge in [0.25, 0.3) is 0 Å². The normalized spacial score (nSPS) is 10.6. The summed E-state index contributed by atoms with van der Waals surface area (Å²) in [6, 6.07) is 19.3. The minimum Gasteiger partial charge on any atom is -0.493 e. The van der Waals surface area contributed by atoms with Gasteiger partial charge in [-0.2, -0.15) is 0 Å². The molecule has 0 saturated carbocycles. The average molecular weight is 462 g/mol. The van der Waals surface area contributed by atoms with Gasteiger partial charge in [0, 0.05) is 10.9 Å². The summed E-state index contributed by atoms with van der Waals surface area (Å²) < 4.78 is 10.6. The Kier molecular flexibility index (Phi) is 6.85. The van der Waals surface area contributed by atoms with Crippen molar-refractivity contribution in [2.45, 2.75) is 12.8 Å². The van der Waals surface area contributed by atoms with Gasteiger partial charge in [0.2, 0.25) is 11.8 Å². The molecule has 168 valence electrons. The predicted octanol–water partition coefficient (Wildman–Crippen LogP) is 3.91. The maximum absolute atomic E-state index is 12.4. The molecule has 0 aliphatic rings. The molecule has 0 spiro atoms. The Morgan fingerprint density at radius 2 is 1.61 bits per heavy atom. The van der Waals surface area contributed by atoms with E-state index >= 15 is 0 Å². The molecule has 0 aliphatic heterocycles. The topological polar surface area (TPSA) is 89.5 Å². The third-order valence-electron chi connectivity index (χ3n) is 5.10. The fourth-order valence-corrected chi connectivity index (χ4v) is 4.32. The Hall–Kier alpha value is -3.91. The van der Waals surface area contributed by atoms with Crippen LogP contribution >= 0.6 is 11.3 Å². The number of methoxy groups -OCH3 is 2. The highest BCUT2D eigenvalue weighted by Gasteiger charge is 2.13. The molecule has 2 amide bonds. The Morgan fingerprint density at radius 3 is 2.39 bits per heavy atom. The van der Waals surface area contributed by atoms with Crippen molar-refractivity contribution in [2.24, 2.45) is 0 Å². The van der Waals surface area contributed by atoms with Gasteiger partial charge in [-0.3, -0.25) is 20.4 Å². The lowest BCUT2D eigenvalue weighted by Gasteiger charge is -2.09. The van der Waals surface area contributed by atoms with Crippen LogP contribution in [0.3, 0.4) is 0 Å². The molecule has 0 unspecified atom stereocenters. The molecule has 4 rings (SSSR count). The Balaban J connectivity index is 1.33. The smallest absolute Gasteiger partial charge is 0.244 e. The predicted molar refractivity (Wildman–Crippen MR) is 128 cm³/mol. The van der Waals surface area contributed by atoms with Gasteiger partial charge in [-0.05, 0) is 34.5 Å². The van der Waals surface area contributed by atoms with Gasteiger partial charge in [-0.1, -0.05) is 42.5 Å². The fourth-order valence-electron chi connectivity index (χ4n) is 3.50. The van der Waals surface area contributed by atoms with Crippen molar-refractivity contribution >= 4 is 33.9 Å². The van der Waals surface area contributed by atoms with Gasteiger partial charge < -0.3 is 9.47 Å². The van der Waals surface area contributed by atoms with Crippen LogP contribution in [-0.2, 0) is 22.4 Å². The molecule has 33 heavy (non-hydrogen) atoms. The lowest BCUT2D eigenvalue weighted by atomic mass is 10.0. The molecule has 0 radical (unpaired) electrons. The Labute approximate surface area is 195 Å². The van der Waals surface area contributed by atoms with Gasteiger partial charge >= 0.3 is 0 Å². The minimum absolute atomic E-state index is 0.0539. The largest absolute Gasteiger partial charge is 0.493 e. The number of hydrogen-bond acceptors (Lipinski definition) is 6. The number of hydrazine groups is 1. The van der Waals surface area contributed by atoms with Crippen molar-refractivity contribution in [3.05, 3.63) is 77.3 Å². The molecule has 1 heterocycles. The van der Waals surface area contributed by atoms with Crippen LogP contribution in [0, 0.1) is 0 Å². The zero-order valence-electron chi connectivity index (χ0n) is 18.3. The number of fused-ring (bicyclic) bond motifs is 1. The van der Waals surface area contributed by atoms with Crippen LogP contribution in [0.1, 0.15) is 11.3 Å². The van der Waals surface area contributed by atoms with E-state index in [1.54, 1.807) is 14.2 Å². The molecule has 3 aromatic carbocycles. The average Bonchev–Trinajstić information content (AvgIpc) is 3.31. The summed E-state index contributed by atoms with van der Waals surface area (Å²) in [6.45, 7) is 0. The van der Waals surface area contributed by atoms with Gasteiger partial charge in [0.1, 0.15) is 5.01 Å². The lowest BCUT2D eigenvalue weighted by molar-refractivity contribution is -0.128. The van der Waals surface area contributed by atoms with Gasteiger partial charge in [0.05, 0.1) is 32.8 Å². The van der Waals surface area contributed by atoms with E-state index in [0.717, 1.165) is 26.9 Å². The zero-order chi connectivity index (χ0) is 23.2. The quantitative estimate of drug-likeness (QED) is 0.407. The molecular formula is C25H23N3O4S. The number of amides is 2. The van der Waals surface area contributed by atoms with Crippen LogP contribution in [0.4, 0.5) is 0 Å². The molecule has 1 aromatic heterocycles. The summed E-state index contributed by atoms with van der Waals surface area (Å²) in [5.74, 6) is 0.615.